The molecular weight excluding hydrogens is 439 g/mol. The molecule has 6 nitrogen and oxygen atoms in total. The Morgan fingerprint density at radius 2 is 1.97 bits per heavy atom. The number of para-hydroxylation sites is 1. The van der Waals surface area contributed by atoms with Gasteiger partial charge in [0.15, 0.2) is 28.3 Å². The molecule has 4 aromatic rings. The predicted octanol–water partition coefficient (Wildman–Crippen LogP) is 5.78. The third kappa shape index (κ3) is 5.15. The van der Waals surface area contributed by atoms with Gasteiger partial charge in [-0.05, 0) is 36.4 Å². The average molecular weight is 457 g/mol. The molecule has 0 radical (unpaired) electrons. The summed E-state index contributed by atoms with van der Waals surface area (Å²) in [5, 5.41) is 9.74. The number of benzene rings is 2. The van der Waals surface area contributed by atoms with Crippen molar-refractivity contribution < 1.29 is 13.5 Å². The van der Waals surface area contributed by atoms with Crippen LogP contribution in [0.2, 0.25) is 5.02 Å². The lowest BCUT2D eigenvalue weighted by molar-refractivity contribution is 0.275. The Labute approximate surface area is 187 Å². The number of ether oxygens (including phenoxy) is 1. The largest absolute Gasteiger partial charge is 0.483 e. The Morgan fingerprint density at radius 1 is 1.16 bits per heavy atom. The van der Waals surface area contributed by atoms with Crippen molar-refractivity contribution in [2.75, 3.05) is 0 Å². The van der Waals surface area contributed by atoms with Gasteiger partial charge in [-0.3, -0.25) is 4.57 Å². The maximum Gasteiger partial charge on any atom is 0.205 e. The van der Waals surface area contributed by atoms with E-state index in [-0.39, 0.29) is 12.4 Å². The molecule has 0 saturated carbocycles. The van der Waals surface area contributed by atoms with Crippen LogP contribution in [0.3, 0.4) is 0 Å². The van der Waals surface area contributed by atoms with E-state index < -0.39 is 5.82 Å². The van der Waals surface area contributed by atoms with Gasteiger partial charge in [0.2, 0.25) is 5.89 Å². The van der Waals surface area contributed by atoms with Crippen LogP contribution in [0.1, 0.15) is 11.7 Å². The normalized spacial score (nSPS) is 10.9. The molecule has 0 spiro atoms. The topological polar surface area (TPSA) is 66.0 Å². The number of aromatic nitrogens is 4. The van der Waals surface area contributed by atoms with Gasteiger partial charge < -0.3 is 9.15 Å². The maximum atomic E-state index is 13.8. The molecule has 0 aliphatic heterocycles. The maximum absolute atomic E-state index is 13.8. The first-order valence-electron chi connectivity index (χ1n) is 9.38. The fraction of sp³-hybridized carbons (Fsp3) is 0.136. The summed E-state index contributed by atoms with van der Waals surface area (Å²) in [4.78, 5) is 4.33. The average Bonchev–Trinajstić information content (AvgIpc) is 3.40. The summed E-state index contributed by atoms with van der Waals surface area (Å²) < 4.78 is 27.1. The summed E-state index contributed by atoms with van der Waals surface area (Å²) in [5.41, 5.74) is 0.899. The Kier molecular flexibility index (Phi) is 6.69. The molecule has 0 aliphatic rings. The van der Waals surface area contributed by atoms with Crippen molar-refractivity contribution in [3.63, 3.8) is 0 Å². The van der Waals surface area contributed by atoms with Crippen LogP contribution in [0.5, 0.6) is 5.75 Å². The minimum atomic E-state index is -0.424. The van der Waals surface area contributed by atoms with Crippen LogP contribution in [-0.2, 0) is 18.9 Å². The molecule has 4 rings (SSSR count). The van der Waals surface area contributed by atoms with Gasteiger partial charge in [-0.1, -0.05) is 41.6 Å². The fourth-order valence-corrected chi connectivity index (χ4v) is 3.75. The van der Waals surface area contributed by atoms with Crippen molar-refractivity contribution in [1.82, 2.24) is 19.7 Å². The Balaban J connectivity index is 1.43. The quantitative estimate of drug-likeness (QED) is 0.235. The van der Waals surface area contributed by atoms with Crippen LogP contribution >= 0.6 is 23.4 Å². The second kappa shape index (κ2) is 9.80. The van der Waals surface area contributed by atoms with Crippen molar-refractivity contribution in [3.8, 4) is 17.1 Å². The van der Waals surface area contributed by atoms with Crippen LogP contribution in [0, 0.1) is 5.82 Å². The highest BCUT2D eigenvalue weighted by Crippen LogP contribution is 2.27. The van der Waals surface area contributed by atoms with Crippen LogP contribution < -0.4 is 4.74 Å². The molecule has 0 bridgehead atoms. The number of hydrogen-bond acceptors (Lipinski definition) is 6. The zero-order valence-electron chi connectivity index (χ0n) is 16.4. The number of halogens is 2. The molecule has 0 aliphatic carbocycles. The lowest BCUT2D eigenvalue weighted by Crippen LogP contribution is -2.08. The van der Waals surface area contributed by atoms with E-state index in [1.807, 2.05) is 16.7 Å². The second-order valence-corrected chi connectivity index (χ2v) is 7.81. The molecule has 0 fully saturated rings. The molecule has 0 N–H and O–H groups in total. The molecule has 0 amide bonds. The van der Waals surface area contributed by atoms with Gasteiger partial charge in [0, 0.05) is 17.1 Å². The van der Waals surface area contributed by atoms with Crippen molar-refractivity contribution in [2.24, 2.45) is 0 Å². The van der Waals surface area contributed by atoms with E-state index in [0.717, 1.165) is 5.56 Å². The van der Waals surface area contributed by atoms with Crippen LogP contribution in [-0.4, -0.2) is 19.7 Å². The zero-order chi connectivity index (χ0) is 21.6. The van der Waals surface area contributed by atoms with Gasteiger partial charge in [-0.25, -0.2) is 9.37 Å². The Morgan fingerprint density at radius 3 is 2.74 bits per heavy atom. The summed E-state index contributed by atoms with van der Waals surface area (Å²) in [6, 6.07) is 13.6. The van der Waals surface area contributed by atoms with E-state index in [9.17, 15) is 4.39 Å². The highest BCUT2D eigenvalue weighted by atomic mass is 35.5. The number of thioether (sulfide) groups is 1. The number of oxazole rings is 1. The summed E-state index contributed by atoms with van der Waals surface area (Å²) in [7, 11) is 0. The highest BCUT2D eigenvalue weighted by Gasteiger charge is 2.15. The monoisotopic (exact) mass is 456 g/mol. The molecule has 0 atom stereocenters. The van der Waals surface area contributed by atoms with Gasteiger partial charge in [0.05, 0.1) is 11.9 Å². The van der Waals surface area contributed by atoms with Gasteiger partial charge in [-0.2, -0.15) is 0 Å². The smallest absolute Gasteiger partial charge is 0.205 e. The minimum Gasteiger partial charge on any atom is -0.483 e. The van der Waals surface area contributed by atoms with Gasteiger partial charge in [0.1, 0.15) is 6.61 Å². The number of nitrogens with zero attached hydrogens (tertiary/aromatic N) is 4. The predicted molar refractivity (Wildman–Crippen MR) is 117 cm³/mol. The minimum absolute atomic E-state index is 0.0854. The number of rotatable bonds is 9. The van der Waals surface area contributed by atoms with Crippen LogP contribution in [0.4, 0.5) is 4.39 Å². The highest BCUT2D eigenvalue weighted by molar-refractivity contribution is 7.98. The SMILES string of the molecule is C=CCn1c(COc2ccccc2F)nnc1SCc1ncc(-c2ccc(Cl)cc2)o1. The Hall–Kier alpha value is -3.10. The van der Waals surface area contributed by atoms with E-state index in [4.69, 9.17) is 20.8 Å². The van der Waals surface area contributed by atoms with Gasteiger partial charge in [-0.15, -0.1) is 16.8 Å². The van der Waals surface area contributed by atoms with E-state index in [0.29, 0.717) is 40.0 Å². The third-order valence-corrected chi connectivity index (χ3v) is 5.51. The fourth-order valence-electron chi connectivity index (χ4n) is 2.80. The zero-order valence-corrected chi connectivity index (χ0v) is 17.9. The molecule has 0 saturated heterocycles. The number of allylic oxidation sites excluding steroid dienone is 1. The van der Waals surface area contributed by atoms with Crippen molar-refractivity contribution >= 4 is 23.4 Å². The molecule has 158 valence electrons. The molecule has 9 heteroatoms. The lowest BCUT2D eigenvalue weighted by Gasteiger charge is -2.09. The van der Waals surface area contributed by atoms with Crippen molar-refractivity contribution in [1.29, 1.82) is 0 Å². The Bertz CT molecular complexity index is 1180. The first-order valence-corrected chi connectivity index (χ1v) is 10.7. The number of hydrogen-bond donors (Lipinski definition) is 0. The summed E-state index contributed by atoms with van der Waals surface area (Å²) >= 11 is 7.36. The molecule has 2 aromatic heterocycles. The van der Waals surface area contributed by atoms with Gasteiger partial charge in [0.25, 0.3) is 0 Å². The van der Waals surface area contributed by atoms with Gasteiger partial charge >= 0.3 is 0 Å². The standard InChI is InChI=1S/C22H18ClFN4O2S/c1-2-11-28-20(13-29-18-6-4-3-5-17(18)24)26-27-22(28)31-14-21-25-12-19(30-21)15-7-9-16(23)10-8-15/h2-10,12H,1,11,13-14H2. The third-order valence-electron chi connectivity index (χ3n) is 4.31. The first-order chi connectivity index (χ1) is 15.1. The summed E-state index contributed by atoms with van der Waals surface area (Å²) in [6.45, 7) is 4.36. The summed E-state index contributed by atoms with van der Waals surface area (Å²) in [6.07, 6.45) is 3.42. The summed E-state index contributed by atoms with van der Waals surface area (Å²) in [5.74, 6) is 2.01. The first kappa shape index (κ1) is 21.1. The molecule has 2 heterocycles. The molecule has 2 aromatic carbocycles. The lowest BCUT2D eigenvalue weighted by atomic mass is 10.2. The van der Waals surface area contributed by atoms with Crippen LogP contribution in [0.25, 0.3) is 11.3 Å². The van der Waals surface area contributed by atoms with Crippen molar-refractivity contribution in [3.05, 3.63) is 89.9 Å². The second-order valence-electron chi connectivity index (χ2n) is 6.43. The van der Waals surface area contributed by atoms with Crippen molar-refractivity contribution in [2.45, 2.75) is 24.1 Å². The molecular formula is C22H18ClFN4O2S. The van der Waals surface area contributed by atoms with E-state index >= 15 is 0 Å². The van der Waals surface area contributed by atoms with E-state index in [1.54, 1.807) is 42.6 Å². The van der Waals surface area contributed by atoms with E-state index in [2.05, 4.69) is 21.8 Å². The molecule has 31 heavy (non-hydrogen) atoms. The van der Waals surface area contributed by atoms with Crippen LogP contribution in [0.15, 0.2) is 77.0 Å². The molecule has 0 unspecified atom stereocenters. The van der Waals surface area contributed by atoms with E-state index in [1.165, 1.54) is 17.8 Å².